The summed E-state index contributed by atoms with van der Waals surface area (Å²) < 4.78 is 0. The highest BCUT2D eigenvalue weighted by Gasteiger charge is 2.00. The fourth-order valence-electron chi connectivity index (χ4n) is 1.58. The lowest BCUT2D eigenvalue weighted by Crippen LogP contribution is -2.12. The summed E-state index contributed by atoms with van der Waals surface area (Å²) in [6.45, 7) is 7.57. The van der Waals surface area contributed by atoms with Gasteiger partial charge in [0.2, 0.25) is 5.91 Å². The van der Waals surface area contributed by atoms with E-state index in [0.717, 1.165) is 5.56 Å². The van der Waals surface area contributed by atoms with Crippen LogP contribution < -0.4 is 5.43 Å². The summed E-state index contributed by atoms with van der Waals surface area (Å²) in [5, 5.41) is 3.87. The number of hydrogen-bond acceptors (Lipinski definition) is 2. The number of nitrogens with zero attached hydrogens (tertiary/aromatic N) is 1. The van der Waals surface area contributed by atoms with Gasteiger partial charge in [0, 0.05) is 12.5 Å². The molecule has 0 bridgehead atoms. The minimum atomic E-state index is -0.159. The molecule has 0 aliphatic carbocycles. The molecule has 1 aromatic rings. The third kappa shape index (κ3) is 3.20. The number of rotatable bonds is 2. The number of aryl methyl sites for hydroxylation is 3. The Balaban J connectivity index is 2.94. The van der Waals surface area contributed by atoms with Crippen molar-refractivity contribution in [2.24, 2.45) is 5.10 Å². The molecular weight excluding hydrogens is 188 g/mol. The van der Waals surface area contributed by atoms with Crippen molar-refractivity contribution >= 4 is 12.1 Å². The molecule has 1 N–H and O–H groups in total. The molecule has 0 fully saturated rings. The topological polar surface area (TPSA) is 41.5 Å². The van der Waals surface area contributed by atoms with E-state index in [4.69, 9.17) is 0 Å². The van der Waals surface area contributed by atoms with Gasteiger partial charge in [0.05, 0.1) is 6.21 Å². The Labute approximate surface area is 90.2 Å². The molecule has 15 heavy (non-hydrogen) atoms. The van der Waals surface area contributed by atoms with Crippen LogP contribution in [0.3, 0.4) is 0 Å². The van der Waals surface area contributed by atoms with Crippen LogP contribution in [-0.2, 0) is 4.79 Å². The van der Waals surface area contributed by atoms with Gasteiger partial charge in [-0.2, -0.15) is 5.10 Å². The summed E-state index contributed by atoms with van der Waals surface area (Å²) in [4.78, 5) is 10.6. The highest BCUT2D eigenvalue weighted by atomic mass is 16.2. The van der Waals surface area contributed by atoms with Gasteiger partial charge in [-0.15, -0.1) is 0 Å². The summed E-state index contributed by atoms with van der Waals surface area (Å²) in [5.41, 5.74) is 7.03. The fourth-order valence-corrected chi connectivity index (χ4v) is 1.58. The Morgan fingerprint density at radius 2 is 1.80 bits per heavy atom. The van der Waals surface area contributed by atoms with Gasteiger partial charge in [0.1, 0.15) is 0 Å². The molecule has 0 radical (unpaired) electrons. The van der Waals surface area contributed by atoms with Crippen molar-refractivity contribution in [2.75, 3.05) is 0 Å². The van der Waals surface area contributed by atoms with Crippen LogP contribution in [0.2, 0.25) is 0 Å². The van der Waals surface area contributed by atoms with Gasteiger partial charge in [-0.3, -0.25) is 4.79 Å². The Hall–Kier alpha value is -1.64. The molecule has 0 spiro atoms. The number of carbonyl (C=O) groups is 1. The van der Waals surface area contributed by atoms with E-state index in [-0.39, 0.29) is 5.91 Å². The van der Waals surface area contributed by atoms with Crippen molar-refractivity contribution in [2.45, 2.75) is 27.7 Å². The Morgan fingerprint density at radius 1 is 1.27 bits per heavy atom. The van der Waals surface area contributed by atoms with Crippen LogP contribution >= 0.6 is 0 Å². The van der Waals surface area contributed by atoms with Crippen molar-refractivity contribution in [3.05, 3.63) is 34.4 Å². The first-order valence-electron chi connectivity index (χ1n) is 4.88. The predicted molar refractivity (Wildman–Crippen MR) is 62.1 cm³/mol. The van der Waals surface area contributed by atoms with Gasteiger partial charge < -0.3 is 0 Å². The molecule has 1 amide bonds. The van der Waals surface area contributed by atoms with Crippen molar-refractivity contribution < 1.29 is 4.79 Å². The van der Waals surface area contributed by atoms with Gasteiger partial charge in [0.15, 0.2) is 0 Å². The number of benzene rings is 1. The first kappa shape index (κ1) is 11.4. The highest BCUT2D eigenvalue weighted by Crippen LogP contribution is 2.13. The molecule has 0 aliphatic heterocycles. The fraction of sp³-hybridized carbons (Fsp3) is 0.333. The minimum Gasteiger partial charge on any atom is -0.274 e. The zero-order valence-electron chi connectivity index (χ0n) is 9.59. The molecule has 3 nitrogen and oxygen atoms in total. The quantitative estimate of drug-likeness (QED) is 0.581. The second-order valence-corrected chi connectivity index (χ2v) is 3.74. The number of amides is 1. The standard InChI is InChI=1S/C12H16N2O/c1-8-5-9(2)12(10(3)6-8)7-13-14-11(4)15/h5-7H,1-4H3,(H,14,15). The van der Waals surface area contributed by atoms with E-state index in [1.54, 1.807) is 6.21 Å². The monoisotopic (exact) mass is 204 g/mol. The molecule has 0 saturated carbocycles. The molecule has 0 atom stereocenters. The number of carbonyl (C=O) groups excluding carboxylic acids is 1. The van der Waals surface area contributed by atoms with Gasteiger partial charge in [-0.05, 0) is 31.9 Å². The molecular formula is C12H16N2O. The largest absolute Gasteiger partial charge is 0.274 e. The normalized spacial score (nSPS) is 10.7. The lowest BCUT2D eigenvalue weighted by atomic mass is 10.0. The Morgan fingerprint density at radius 3 is 2.27 bits per heavy atom. The Kier molecular flexibility index (Phi) is 3.61. The molecule has 0 heterocycles. The van der Waals surface area contributed by atoms with Crippen molar-refractivity contribution in [3.8, 4) is 0 Å². The zero-order valence-corrected chi connectivity index (χ0v) is 9.59. The lowest BCUT2D eigenvalue weighted by molar-refractivity contribution is -0.118. The predicted octanol–water partition coefficient (Wildman–Crippen LogP) is 2.08. The first-order valence-corrected chi connectivity index (χ1v) is 4.88. The summed E-state index contributed by atoms with van der Waals surface area (Å²) >= 11 is 0. The third-order valence-electron chi connectivity index (χ3n) is 2.15. The van der Waals surface area contributed by atoms with E-state index in [9.17, 15) is 4.79 Å². The summed E-state index contributed by atoms with van der Waals surface area (Å²) in [6.07, 6.45) is 1.69. The van der Waals surface area contributed by atoms with Crippen LogP contribution in [-0.4, -0.2) is 12.1 Å². The van der Waals surface area contributed by atoms with Gasteiger partial charge in [-0.25, -0.2) is 5.43 Å². The van der Waals surface area contributed by atoms with Crippen LogP contribution in [0.4, 0.5) is 0 Å². The van der Waals surface area contributed by atoms with Crippen LogP contribution in [0.25, 0.3) is 0 Å². The maximum Gasteiger partial charge on any atom is 0.236 e. The molecule has 0 aliphatic rings. The number of hydrazone groups is 1. The molecule has 0 saturated heterocycles. The van der Waals surface area contributed by atoms with Crippen LogP contribution in [0.15, 0.2) is 17.2 Å². The van der Waals surface area contributed by atoms with Gasteiger partial charge in [0.25, 0.3) is 0 Å². The van der Waals surface area contributed by atoms with E-state index in [0.29, 0.717) is 0 Å². The lowest BCUT2D eigenvalue weighted by Gasteiger charge is -2.06. The van der Waals surface area contributed by atoms with Crippen molar-refractivity contribution in [1.82, 2.24) is 5.43 Å². The molecule has 0 aromatic heterocycles. The summed E-state index contributed by atoms with van der Waals surface area (Å²) in [6, 6.07) is 4.20. The summed E-state index contributed by atoms with van der Waals surface area (Å²) in [5.74, 6) is -0.159. The van der Waals surface area contributed by atoms with Crippen molar-refractivity contribution in [1.29, 1.82) is 0 Å². The molecule has 80 valence electrons. The molecule has 0 unspecified atom stereocenters. The SMILES string of the molecule is CC(=O)NN=Cc1c(C)cc(C)cc1C. The first-order chi connectivity index (χ1) is 7.00. The molecule has 3 heteroatoms. The number of hydrogen-bond donors (Lipinski definition) is 1. The van der Waals surface area contributed by atoms with E-state index in [1.807, 2.05) is 13.8 Å². The van der Waals surface area contributed by atoms with Gasteiger partial charge in [-0.1, -0.05) is 17.7 Å². The zero-order chi connectivity index (χ0) is 11.4. The minimum absolute atomic E-state index is 0.159. The maximum absolute atomic E-state index is 10.6. The van der Waals surface area contributed by atoms with E-state index >= 15 is 0 Å². The van der Waals surface area contributed by atoms with E-state index in [2.05, 4.69) is 29.6 Å². The average molecular weight is 204 g/mol. The second-order valence-electron chi connectivity index (χ2n) is 3.74. The number of nitrogens with one attached hydrogen (secondary N) is 1. The van der Waals surface area contributed by atoms with Crippen LogP contribution in [0, 0.1) is 20.8 Å². The van der Waals surface area contributed by atoms with Gasteiger partial charge >= 0.3 is 0 Å². The molecule has 1 rings (SSSR count). The Bertz CT molecular complexity index is 385. The van der Waals surface area contributed by atoms with Crippen LogP contribution in [0.1, 0.15) is 29.2 Å². The van der Waals surface area contributed by atoms with Crippen LogP contribution in [0.5, 0.6) is 0 Å². The van der Waals surface area contributed by atoms with Crippen molar-refractivity contribution in [3.63, 3.8) is 0 Å². The smallest absolute Gasteiger partial charge is 0.236 e. The van der Waals surface area contributed by atoms with E-state index < -0.39 is 0 Å². The average Bonchev–Trinajstić information content (AvgIpc) is 2.08. The highest BCUT2D eigenvalue weighted by molar-refractivity contribution is 5.85. The third-order valence-corrected chi connectivity index (χ3v) is 2.15. The summed E-state index contributed by atoms with van der Waals surface area (Å²) in [7, 11) is 0. The molecule has 1 aromatic carbocycles. The second kappa shape index (κ2) is 4.73. The maximum atomic E-state index is 10.6. The van der Waals surface area contributed by atoms with E-state index in [1.165, 1.54) is 23.6 Å².